The maximum atomic E-state index is 12.1. The molecule has 0 radical (unpaired) electrons. The fourth-order valence-electron chi connectivity index (χ4n) is 2.01. The molecule has 1 aromatic carbocycles. The second-order valence-corrected chi connectivity index (χ2v) is 4.42. The largest absolute Gasteiger partial charge is 0.396 e. The fourth-order valence-corrected chi connectivity index (χ4v) is 2.01. The summed E-state index contributed by atoms with van der Waals surface area (Å²) in [6, 6.07) is 7.28. The van der Waals surface area contributed by atoms with Crippen LogP contribution >= 0.6 is 0 Å². The molecule has 0 saturated heterocycles. The van der Waals surface area contributed by atoms with Crippen molar-refractivity contribution in [2.45, 2.75) is 12.5 Å². The molecule has 102 valence electrons. The van der Waals surface area contributed by atoms with Gasteiger partial charge in [-0.25, -0.2) is 0 Å². The normalized spacial score (nSPS) is 12.5. The van der Waals surface area contributed by atoms with Crippen LogP contribution in [0.25, 0.3) is 10.9 Å². The number of carbonyl (C=O) groups excluding carboxylic acids is 1. The van der Waals surface area contributed by atoms with Crippen LogP contribution in [0, 0.1) is 0 Å². The number of aromatic nitrogens is 1. The number of ether oxygens (including phenoxy) is 1. The summed E-state index contributed by atoms with van der Waals surface area (Å²) in [5.41, 5.74) is 1.52. The van der Waals surface area contributed by atoms with E-state index in [-0.39, 0.29) is 18.6 Å². The van der Waals surface area contributed by atoms with E-state index in [1.807, 2.05) is 24.4 Å². The standard InChI is InChI=1S/C14H18N2O3/c1-19-9-12(5-7-17)16-14(18)11-3-2-10-4-6-15-13(10)8-11/h2-4,6,8,12,15,17H,5,7,9H2,1H3,(H,16,18). The average Bonchev–Trinajstić information content (AvgIpc) is 2.86. The van der Waals surface area contributed by atoms with Gasteiger partial charge in [-0.1, -0.05) is 6.07 Å². The maximum absolute atomic E-state index is 12.1. The van der Waals surface area contributed by atoms with E-state index < -0.39 is 0 Å². The number of aromatic amines is 1. The van der Waals surface area contributed by atoms with E-state index in [9.17, 15) is 4.79 Å². The highest BCUT2D eigenvalue weighted by Gasteiger charge is 2.13. The molecule has 5 nitrogen and oxygen atoms in total. The lowest BCUT2D eigenvalue weighted by molar-refractivity contribution is 0.0879. The summed E-state index contributed by atoms with van der Waals surface area (Å²) in [6.07, 6.45) is 2.32. The topological polar surface area (TPSA) is 74.3 Å². The molecule has 1 heterocycles. The number of hydrogen-bond acceptors (Lipinski definition) is 3. The van der Waals surface area contributed by atoms with E-state index in [0.717, 1.165) is 10.9 Å². The molecule has 0 saturated carbocycles. The van der Waals surface area contributed by atoms with Gasteiger partial charge in [0.1, 0.15) is 0 Å². The summed E-state index contributed by atoms with van der Waals surface area (Å²) in [7, 11) is 1.57. The number of aliphatic hydroxyl groups excluding tert-OH is 1. The lowest BCUT2D eigenvalue weighted by atomic mass is 10.1. The van der Waals surface area contributed by atoms with E-state index in [1.165, 1.54) is 0 Å². The predicted octanol–water partition coefficient (Wildman–Crippen LogP) is 1.30. The summed E-state index contributed by atoms with van der Waals surface area (Å²) in [4.78, 5) is 15.2. The Morgan fingerprint density at radius 2 is 2.32 bits per heavy atom. The highest BCUT2D eigenvalue weighted by molar-refractivity contribution is 5.98. The van der Waals surface area contributed by atoms with E-state index in [4.69, 9.17) is 9.84 Å². The number of hydrogen-bond donors (Lipinski definition) is 3. The third kappa shape index (κ3) is 3.33. The first-order valence-corrected chi connectivity index (χ1v) is 6.22. The molecule has 0 aliphatic heterocycles. The number of rotatable bonds is 6. The lowest BCUT2D eigenvalue weighted by Gasteiger charge is -2.16. The van der Waals surface area contributed by atoms with Crippen molar-refractivity contribution >= 4 is 16.8 Å². The highest BCUT2D eigenvalue weighted by Crippen LogP contribution is 2.14. The number of nitrogens with one attached hydrogen (secondary N) is 2. The van der Waals surface area contributed by atoms with Crippen molar-refractivity contribution < 1.29 is 14.6 Å². The molecular formula is C14H18N2O3. The van der Waals surface area contributed by atoms with Crippen molar-refractivity contribution in [2.75, 3.05) is 20.3 Å². The SMILES string of the molecule is COCC(CCO)NC(=O)c1ccc2cc[nH]c2c1. The third-order valence-electron chi connectivity index (χ3n) is 3.00. The lowest BCUT2D eigenvalue weighted by Crippen LogP contribution is -2.38. The zero-order valence-electron chi connectivity index (χ0n) is 10.8. The quantitative estimate of drug-likeness (QED) is 0.734. The van der Waals surface area contributed by atoms with Crippen LogP contribution < -0.4 is 5.32 Å². The minimum atomic E-state index is -0.179. The molecule has 5 heteroatoms. The number of methoxy groups -OCH3 is 1. The number of amides is 1. The minimum absolute atomic E-state index is 0.0178. The number of fused-ring (bicyclic) bond motifs is 1. The van der Waals surface area contributed by atoms with Gasteiger partial charge >= 0.3 is 0 Å². The first-order valence-electron chi connectivity index (χ1n) is 6.22. The molecule has 1 unspecified atom stereocenters. The van der Waals surface area contributed by atoms with Crippen LogP contribution in [-0.4, -0.2) is 42.4 Å². The van der Waals surface area contributed by atoms with Crippen LogP contribution in [0.2, 0.25) is 0 Å². The molecule has 0 fully saturated rings. The molecule has 3 N–H and O–H groups in total. The molecule has 1 amide bonds. The molecule has 0 aliphatic rings. The molecule has 19 heavy (non-hydrogen) atoms. The second-order valence-electron chi connectivity index (χ2n) is 4.42. The summed E-state index contributed by atoms with van der Waals surface area (Å²) in [6.45, 7) is 0.404. The smallest absolute Gasteiger partial charge is 0.251 e. The van der Waals surface area contributed by atoms with Gasteiger partial charge in [0, 0.05) is 31.0 Å². The molecule has 1 atom stereocenters. The molecule has 0 spiro atoms. The first kappa shape index (κ1) is 13.6. The average molecular weight is 262 g/mol. The van der Waals surface area contributed by atoms with Gasteiger partial charge in [0.05, 0.1) is 12.6 Å². The van der Waals surface area contributed by atoms with E-state index in [1.54, 1.807) is 13.2 Å². The highest BCUT2D eigenvalue weighted by atomic mass is 16.5. The van der Waals surface area contributed by atoms with Crippen molar-refractivity contribution in [1.29, 1.82) is 0 Å². The Hall–Kier alpha value is -1.85. The number of carbonyl (C=O) groups is 1. The first-order chi connectivity index (χ1) is 9.24. The van der Waals surface area contributed by atoms with Crippen molar-refractivity contribution in [1.82, 2.24) is 10.3 Å². The monoisotopic (exact) mass is 262 g/mol. The Morgan fingerprint density at radius 3 is 3.05 bits per heavy atom. The Balaban J connectivity index is 2.09. The molecule has 0 aliphatic carbocycles. The van der Waals surface area contributed by atoms with E-state index in [2.05, 4.69) is 10.3 Å². The van der Waals surface area contributed by atoms with Gasteiger partial charge in [0.15, 0.2) is 0 Å². The van der Waals surface area contributed by atoms with Crippen LogP contribution in [0.3, 0.4) is 0 Å². The van der Waals surface area contributed by atoms with Gasteiger partial charge in [-0.3, -0.25) is 4.79 Å². The molecule has 1 aromatic heterocycles. The number of benzene rings is 1. The minimum Gasteiger partial charge on any atom is -0.396 e. The van der Waals surface area contributed by atoms with Gasteiger partial charge in [-0.15, -0.1) is 0 Å². The van der Waals surface area contributed by atoms with E-state index in [0.29, 0.717) is 18.6 Å². The van der Waals surface area contributed by atoms with Gasteiger partial charge in [-0.05, 0) is 30.0 Å². The van der Waals surface area contributed by atoms with Crippen molar-refractivity contribution in [3.05, 3.63) is 36.0 Å². The van der Waals surface area contributed by atoms with Gasteiger partial charge in [0.25, 0.3) is 5.91 Å². The summed E-state index contributed by atoms with van der Waals surface area (Å²) in [5, 5.41) is 12.9. The Morgan fingerprint density at radius 1 is 1.47 bits per heavy atom. The van der Waals surface area contributed by atoms with Crippen LogP contribution in [0.4, 0.5) is 0 Å². The summed E-state index contributed by atoms with van der Waals surface area (Å²) >= 11 is 0. The second kappa shape index (κ2) is 6.36. The van der Waals surface area contributed by atoms with Crippen molar-refractivity contribution in [3.8, 4) is 0 Å². The van der Waals surface area contributed by atoms with Crippen LogP contribution in [0.15, 0.2) is 30.5 Å². The van der Waals surface area contributed by atoms with Crippen molar-refractivity contribution in [3.63, 3.8) is 0 Å². The zero-order chi connectivity index (χ0) is 13.7. The Labute approximate surface area is 111 Å². The van der Waals surface area contributed by atoms with Gasteiger partial charge in [-0.2, -0.15) is 0 Å². The summed E-state index contributed by atoms with van der Waals surface area (Å²) < 4.78 is 5.02. The van der Waals surface area contributed by atoms with Gasteiger partial charge < -0.3 is 20.1 Å². The fraction of sp³-hybridized carbons (Fsp3) is 0.357. The third-order valence-corrected chi connectivity index (χ3v) is 3.00. The molecular weight excluding hydrogens is 244 g/mol. The number of H-pyrrole nitrogens is 1. The maximum Gasteiger partial charge on any atom is 0.251 e. The molecule has 2 aromatic rings. The van der Waals surface area contributed by atoms with Crippen LogP contribution in [-0.2, 0) is 4.74 Å². The van der Waals surface area contributed by atoms with Crippen molar-refractivity contribution in [2.24, 2.45) is 0 Å². The summed E-state index contributed by atoms with van der Waals surface area (Å²) in [5.74, 6) is -0.160. The number of aliphatic hydroxyl groups is 1. The zero-order valence-corrected chi connectivity index (χ0v) is 10.8. The van der Waals surface area contributed by atoms with Gasteiger partial charge in [0.2, 0.25) is 0 Å². The van der Waals surface area contributed by atoms with E-state index >= 15 is 0 Å². The van der Waals surface area contributed by atoms with Crippen LogP contribution in [0.5, 0.6) is 0 Å². The van der Waals surface area contributed by atoms with Crippen LogP contribution in [0.1, 0.15) is 16.8 Å². The Bertz CT molecular complexity index is 544. The molecule has 2 rings (SSSR count). The predicted molar refractivity (Wildman–Crippen MR) is 73.1 cm³/mol. The molecule has 0 bridgehead atoms. The Kier molecular flexibility index (Phi) is 4.54.